The standard InChI is InChI=1S/C13H14ClN3O/c14-12-4-2-11(3-5-12)13(18)16-6-1-8-17-9-7-15-10-17/h2-5,7,9-10H,1,6,8H2,(H,16,18). The SMILES string of the molecule is O=C(NCCCn1ccnc1)c1ccc(Cl)cc1. The Bertz CT molecular complexity index is 493. The van der Waals surface area contributed by atoms with Crippen molar-refractivity contribution in [2.45, 2.75) is 13.0 Å². The van der Waals surface area contributed by atoms with E-state index < -0.39 is 0 Å². The van der Waals surface area contributed by atoms with Crippen LogP contribution in [0.3, 0.4) is 0 Å². The summed E-state index contributed by atoms with van der Waals surface area (Å²) in [7, 11) is 0. The zero-order valence-corrected chi connectivity index (χ0v) is 10.6. The van der Waals surface area contributed by atoms with Crippen LogP contribution >= 0.6 is 11.6 Å². The van der Waals surface area contributed by atoms with Crippen LogP contribution in [-0.2, 0) is 6.54 Å². The second-order valence-electron chi connectivity index (χ2n) is 3.92. The van der Waals surface area contributed by atoms with Crippen LogP contribution in [0.25, 0.3) is 0 Å². The first-order valence-electron chi connectivity index (χ1n) is 5.75. The maximum atomic E-state index is 11.7. The topological polar surface area (TPSA) is 46.9 Å². The number of aromatic nitrogens is 2. The Morgan fingerprint density at radius 3 is 2.78 bits per heavy atom. The van der Waals surface area contributed by atoms with Crippen molar-refractivity contribution in [3.8, 4) is 0 Å². The number of hydrogen-bond acceptors (Lipinski definition) is 2. The van der Waals surface area contributed by atoms with Gasteiger partial charge in [-0.25, -0.2) is 4.98 Å². The molecule has 2 aromatic rings. The number of amides is 1. The minimum Gasteiger partial charge on any atom is -0.352 e. The van der Waals surface area contributed by atoms with Gasteiger partial charge in [0.05, 0.1) is 6.33 Å². The summed E-state index contributed by atoms with van der Waals surface area (Å²) in [5.41, 5.74) is 0.627. The van der Waals surface area contributed by atoms with Gasteiger partial charge in [0.15, 0.2) is 0 Å². The van der Waals surface area contributed by atoms with E-state index in [1.807, 2.05) is 10.8 Å². The zero-order chi connectivity index (χ0) is 12.8. The molecule has 0 bridgehead atoms. The van der Waals surface area contributed by atoms with Crippen LogP contribution < -0.4 is 5.32 Å². The molecule has 1 amide bonds. The van der Waals surface area contributed by atoms with Crippen LogP contribution in [0.4, 0.5) is 0 Å². The van der Waals surface area contributed by atoms with Gasteiger partial charge in [0.2, 0.25) is 0 Å². The molecule has 1 N–H and O–H groups in total. The molecule has 4 nitrogen and oxygen atoms in total. The molecule has 0 aliphatic carbocycles. The number of nitrogens with one attached hydrogen (secondary N) is 1. The Balaban J connectivity index is 1.73. The van der Waals surface area contributed by atoms with Crippen molar-refractivity contribution < 1.29 is 4.79 Å². The largest absolute Gasteiger partial charge is 0.352 e. The molecule has 1 heterocycles. The van der Waals surface area contributed by atoms with Crippen LogP contribution in [0, 0.1) is 0 Å². The van der Waals surface area contributed by atoms with Crippen LogP contribution in [0.5, 0.6) is 0 Å². The number of halogens is 1. The smallest absolute Gasteiger partial charge is 0.251 e. The third-order valence-electron chi connectivity index (χ3n) is 2.54. The van der Waals surface area contributed by atoms with Crippen molar-refractivity contribution >= 4 is 17.5 Å². The van der Waals surface area contributed by atoms with E-state index in [0.29, 0.717) is 17.1 Å². The van der Waals surface area contributed by atoms with Crippen LogP contribution in [0.1, 0.15) is 16.8 Å². The van der Waals surface area contributed by atoms with Gasteiger partial charge in [0, 0.05) is 36.1 Å². The Labute approximate surface area is 111 Å². The molecule has 1 aromatic carbocycles. The van der Waals surface area contributed by atoms with Crippen molar-refractivity contribution in [3.63, 3.8) is 0 Å². The molecule has 0 saturated carbocycles. The molecule has 0 atom stereocenters. The van der Waals surface area contributed by atoms with Crippen LogP contribution in [0.2, 0.25) is 5.02 Å². The minimum atomic E-state index is -0.0719. The molecular weight excluding hydrogens is 250 g/mol. The average Bonchev–Trinajstić information content (AvgIpc) is 2.88. The van der Waals surface area contributed by atoms with Gasteiger partial charge in [0.1, 0.15) is 0 Å². The predicted molar refractivity (Wildman–Crippen MR) is 70.6 cm³/mol. The first-order chi connectivity index (χ1) is 8.75. The highest BCUT2D eigenvalue weighted by atomic mass is 35.5. The predicted octanol–water partition coefficient (Wildman–Crippen LogP) is 2.36. The molecule has 2 rings (SSSR count). The molecule has 5 heteroatoms. The minimum absolute atomic E-state index is 0.0719. The first kappa shape index (κ1) is 12.6. The van der Waals surface area contributed by atoms with Crippen molar-refractivity contribution in [2.24, 2.45) is 0 Å². The molecule has 0 aliphatic heterocycles. The van der Waals surface area contributed by atoms with Crippen molar-refractivity contribution in [1.82, 2.24) is 14.9 Å². The summed E-state index contributed by atoms with van der Waals surface area (Å²) < 4.78 is 1.98. The lowest BCUT2D eigenvalue weighted by atomic mass is 10.2. The van der Waals surface area contributed by atoms with Gasteiger partial charge in [-0.2, -0.15) is 0 Å². The monoisotopic (exact) mass is 263 g/mol. The number of carbonyl (C=O) groups is 1. The van der Waals surface area contributed by atoms with E-state index >= 15 is 0 Å². The molecular formula is C13H14ClN3O. The Morgan fingerprint density at radius 2 is 2.11 bits per heavy atom. The lowest BCUT2D eigenvalue weighted by Crippen LogP contribution is -2.25. The van der Waals surface area contributed by atoms with Gasteiger partial charge in [-0.15, -0.1) is 0 Å². The summed E-state index contributed by atoms with van der Waals surface area (Å²) in [6.07, 6.45) is 6.28. The number of hydrogen-bond donors (Lipinski definition) is 1. The van der Waals surface area contributed by atoms with Gasteiger partial charge in [-0.1, -0.05) is 11.6 Å². The van der Waals surface area contributed by atoms with Crippen LogP contribution in [0.15, 0.2) is 43.0 Å². The van der Waals surface area contributed by atoms with E-state index in [0.717, 1.165) is 13.0 Å². The quantitative estimate of drug-likeness (QED) is 0.842. The van der Waals surface area contributed by atoms with Crippen molar-refractivity contribution in [1.29, 1.82) is 0 Å². The van der Waals surface area contributed by atoms with Crippen molar-refractivity contribution in [2.75, 3.05) is 6.54 Å². The number of rotatable bonds is 5. The maximum Gasteiger partial charge on any atom is 0.251 e. The summed E-state index contributed by atoms with van der Waals surface area (Å²) in [4.78, 5) is 15.7. The van der Waals surface area contributed by atoms with Gasteiger partial charge in [-0.3, -0.25) is 4.79 Å². The second-order valence-corrected chi connectivity index (χ2v) is 4.35. The molecule has 94 valence electrons. The highest BCUT2D eigenvalue weighted by Gasteiger charge is 2.03. The Morgan fingerprint density at radius 1 is 1.33 bits per heavy atom. The molecule has 0 fully saturated rings. The van der Waals surface area contributed by atoms with Crippen LogP contribution in [-0.4, -0.2) is 22.0 Å². The van der Waals surface area contributed by atoms with E-state index in [2.05, 4.69) is 10.3 Å². The third kappa shape index (κ3) is 3.60. The maximum absolute atomic E-state index is 11.7. The molecule has 0 unspecified atom stereocenters. The summed E-state index contributed by atoms with van der Waals surface area (Å²) in [5.74, 6) is -0.0719. The summed E-state index contributed by atoms with van der Waals surface area (Å²) in [5, 5.41) is 3.50. The lowest BCUT2D eigenvalue weighted by Gasteiger charge is -2.05. The summed E-state index contributed by atoms with van der Waals surface area (Å²) >= 11 is 5.76. The lowest BCUT2D eigenvalue weighted by molar-refractivity contribution is 0.0953. The van der Waals surface area contributed by atoms with Gasteiger partial charge >= 0.3 is 0 Å². The Hall–Kier alpha value is -1.81. The molecule has 0 saturated heterocycles. The molecule has 1 aromatic heterocycles. The fourth-order valence-corrected chi connectivity index (χ4v) is 1.71. The normalized spacial score (nSPS) is 10.3. The third-order valence-corrected chi connectivity index (χ3v) is 2.80. The van der Waals surface area contributed by atoms with E-state index in [1.54, 1.807) is 36.8 Å². The second kappa shape index (κ2) is 6.21. The van der Waals surface area contributed by atoms with E-state index in [-0.39, 0.29) is 5.91 Å². The van der Waals surface area contributed by atoms with Crippen molar-refractivity contribution in [3.05, 3.63) is 53.6 Å². The molecule has 0 radical (unpaired) electrons. The fraction of sp³-hybridized carbons (Fsp3) is 0.231. The van der Waals surface area contributed by atoms with Gasteiger partial charge in [0.25, 0.3) is 5.91 Å². The summed E-state index contributed by atoms with van der Waals surface area (Å²) in [6.45, 7) is 1.49. The van der Waals surface area contributed by atoms with Gasteiger partial charge < -0.3 is 9.88 Å². The fourth-order valence-electron chi connectivity index (χ4n) is 1.59. The number of aryl methyl sites for hydroxylation is 1. The van der Waals surface area contributed by atoms with Gasteiger partial charge in [-0.05, 0) is 30.7 Å². The highest BCUT2D eigenvalue weighted by molar-refractivity contribution is 6.30. The van der Waals surface area contributed by atoms with E-state index in [9.17, 15) is 4.79 Å². The highest BCUT2D eigenvalue weighted by Crippen LogP contribution is 2.09. The number of nitrogens with zero attached hydrogens (tertiary/aromatic N) is 2. The number of benzene rings is 1. The van der Waals surface area contributed by atoms with E-state index in [1.165, 1.54) is 0 Å². The number of imidazole rings is 1. The summed E-state index contributed by atoms with van der Waals surface area (Å²) in [6, 6.07) is 6.85. The molecule has 0 aliphatic rings. The molecule has 18 heavy (non-hydrogen) atoms. The Kier molecular flexibility index (Phi) is 4.36. The average molecular weight is 264 g/mol. The zero-order valence-electron chi connectivity index (χ0n) is 9.84. The van der Waals surface area contributed by atoms with E-state index in [4.69, 9.17) is 11.6 Å². The number of carbonyl (C=O) groups excluding carboxylic acids is 1. The first-order valence-corrected chi connectivity index (χ1v) is 6.13. The molecule has 0 spiro atoms.